The van der Waals surface area contributed by atoms with Crippen LogP contribution in [0.15, 0.2) is 12.3 Å². The lowest BCUT2D eigenvalue weighted by Gasteiger charge is -2.41. The van der Waals surface area contributed by atoms with Crippen molar-refractivity contribution in [3.05, 3.63) is 29.5 Å². The van der Waals surface area contributed by atoms with Crippen LogP contribution in [0.4, 0.5) is 5.82 Å². The zero-order valence-electron chi connectivity index (χ0n) is 23.8. The number of piperidine rings is 1. The van der Waals surface area contributed by atoms with Crippen LogP contribution >= 0.6 is 0 Å². The molecule has 0 aliphatic carbocycles. The van der Waals surface area contributed by atoms with Gasteiger partial charge in [0.2, 0.25) is 0 Å². The van der Waals surface area contributed by atoms with E-state index in [1.54, 1.807) is 0 Å². The van der Waals surface area contributed by atoms with E-state index in [-0.39, 0.29) is 22.8 Å². The highest BCUT2D eigenvalue weighted by Crippen LogP contribution is 2.29. The Bertz CT molecular complexity index is 1200. The third kappa shape index (κ3) is 2.92. The van der Waals surface area contributed by atoms with Gasteiger partial charge in [0.25, 0.3) is 6.50 Å². The number of anilines is 1. The number of likely N-dealkylation sites (N-methyl/N-ethyl adjacent to an activating group) is 1. The van der Waals surface area contributed by atoms with Crippen molar-refractivity contribution >= 4 is 22.8 Å². The summed E-state index contributed by atoms with van der Waals surface area (Å²) >= 11 is 0. The Kier molecular flexibility index (Phi) is 2.03. The molecule has 0 bridgehead atoms. The average Bonchev–Trinajstić information content (AvgIpc) is 3.00. The number of aromatic nitrogens is 3. The van der Waals surface area contributed by atoms with Crippen molar-refractivity contribution in [1.82, 2.24) is 19.9 Å². The van der Waals surface area contributed by atoms with Crippen molar-refractivity contribution in [3.63, 3.8) is 0 Å². The minimum atomic E-state index is -3.15. The standard InChI is InChI=1S/C17H22N6O/c1-11-5-6-23(15(24)8-18-3)9-14(11)22(4)17-13-7-12(2)21-16(13)19-10-20-17/h7,10-11,14H,5-6,8-9H2,1-2,4H3,(H,19,20,21)/t11-,14+/m1/s1/i1D3,4D3,7D,8D2,10D,11D. The van der Waals surface area contributed by atoms with E-state index in [1.165, 1.54) is 6.92 Å². The first-order valence-electron chi connectivity index (χ1n) is 12.7. The molecule has 1 fully saturated rings. The molecule has 3 heterocycles. The third-order valence-electron chi connectivity index (χ3n) is 3.82. The number of H-pyrrole nitrogens is 1. The fraction of sp³-hybridized carbons (Fsp3) is 0.529. The van der Waals surface area contributed by atoms with Gasteiger partial charge in [-0.3, -0.25) is 4.79 Å². The van der Waals surface area contributed by atoms with Gasteiger partial charge in [-0.1, -0.05) is 6.85 Å². The maximum Gasteiger partial charge on any atom is 0.302 e. The predicted octanol–water partition coefficient (Wildman–Crippen LogP) is 1.86. The second kappa shape index (κ2) is 6.48. The molecule has 2 aromatic heterocycles. The molecule has 1 N–H and O–H groups in total. The molecule has 0 spiro atoms. The van der Waals surface area contributed by atoms with Crippen molar-refractivity contribution in [2.75, 3.05) is 31.5 Å². The Balaban J connectivity index is 2.29. The number of nitrogens with one attached hydrogen (secondary N) is 1. The summed E-state index contributed by atoms with van der Waals surface area (Å²) in [6.07, 6.45) is -1.18. The summed E-state index contributed by atoms with van der Waals surface area (Å²) in [7, 11) is 0. The molecule has 126 valence electrons. The first-order valence-corrected chi connectivity index (χ1v) is 7.16. The van der Waals surface area contributed by atoms with Gasteiger partial charge in [-0.2, -0.15) is 0 Å². The summed E-state index contributed by atoms with van der Waals surface area (Å²) in [5.74, 6) is -4.23. The van der Waals surface area contributed by atoms with E-state index in [0.717, 1.165) is 4.90 Å². The van der Waals surface area contributed by atoms with E-state index in [9.17, 15) is 4.79 Å². The maximum absolute atomic E-state index is 12.7. The Morgan fingerprint density at radius 1 is 1.75 bits per heavy atom. The molecule has 3 rings (SSSR count). The summed E-state index contributed by atoms with van der Waals surface area (Å²) < 4.78 is 88.9. The fourth-order valence-electron chi connectivity index (χ4n) is 2.64. The van der Waals surface area contributed by atoms with Gasteiger partial charge in [-0.25, -0.2) is 16.5 Å². The minimum Gasteiger partial charge on any atom is -0.354 e. The van der Waals surface area contributed by atoms with E-state index >= 15 is 0 Å². The van der Waals surface area contributed by atoms with Crippen molar-refractivity contribution in [3.8, 4) is 0 Å². The Morgan fingerprint density at radius 3 is 3.38 bits per heavy atom. The normalized spacial score (nSPS) is 32.2. The van der Waals surface area contributed by atoms with Gasteiger partial charge in [0, 0.05) is 35.4 Å². The van der Waals surface area contributed by atoms with E-state index in [1.807, 2.05) is 0 Å². The van der Waals surface area contributed by atoms with E-state index in [4.69, 9.17) is 21.7 Å². The van der Waals surface area contributed by atoms with Crippen LogP contribution in [-0.2, 0) is 4.79 Å². The van der Waals surface area contributed by atoms with Gasteiger partial charge in [0.15, 0.2) is 0 Å². The number of aryl methyl sites for hydroxylation is 1. The molecular weight excluding hydrogens is 304 g/mol. The molecule has 24 heavy (non-hydrogen) atoms. The van der Waals surface area contributed by atoms with Gasteiger partial charge in [0.05, 0.1) is 12.8 Å². The van der Waals surface area contributed by atoms with Gasteiger partial charge < -0.3 is 19.6 Å². The summed E-state index contributed by atoms with van der Waals surface area (Å²) in [6, 6.07) is -1.99. The van der Waals surface area contributed by atoms with Crippen LogP contribution in [0.3, 0.4) is 0 Å². The highest BCUT2D eigenvalue weighted by Gasteiger charge is 2.33. The zero-order chi connectivity index (χ0) is 26.7. The molecule has 2 aromatic rings. The molecule has 1 saturated heterocycles. The molecule has 1 aliphatic heterocycles. The van der Waals surface area contributed by atoms with Gasteiger partial charge in [-0.15, -0.1) is 0 Å². The number of aromatic amines is 1. The number of hydrogen-bond donors (Lipinski definition) is 1. The largest absolute Gasteiger partial charge is 0.354 e. The molecule has 7 heteroatoms. The number of carbonyl (C=O) groups excluding carboxylic acids is 1. The summed E-state index contributed by atoms with van der Waals surface area (Å²) in [6.45, 7) is -1.81. The average molecular weight is 337 g/mol. The summed E-state index contributed by atoms with van der Waals surface area (Å²) in [5.41, 5.74) is 0.250. The first kappa shape index (κ1) is 7.51. The topological polar surface area (TPSA) is 69.5 Å². The lowest BCUT2D eigenvalue weighted by molar-refractivity contribution is -0.130. The highest BCUT2D eigenvalue weighted by molar-refractivity contribution is 5.88. The van der Waals surface area contributed by atoms with Gasteiger partial charge in [-0.05, 0) is 25.3 Å². The predicted molar refractivity (Wildman–Crippen MR) is 92.6 cm³/mol. The van der Waals surface area contributed by atoms with Crippen LogP contribution in [0.25, 0.3) is 15.9 Å². The van der Waals surface area contributed by atoms with Gasteiger partial charge in [0.1, 0.15) is 21.9 Å². The number of rotatable bonds is 3. The molecule has 7 nitrogen and oxygen atoms in total. The van der Waals surface area contributed by atoms with Gasteiger partial charge >= 0.3 is 5.91 Å². The molecule has 2 atom stereocenters. The van der Waals surface area contributed by atoms with Crippen LogP contribution < -0.4 is 4.90 Å². The minimum absolute atomic E-state index is 0.0331. The molecule has 0 radical (unpaired) electrons. The van der Waals surface area contributed by atoms with Crippen molar-refractivity contribution < 1.29 is 19.9 Å². The number of carbonyl (C=O) groups is 1. The Hall–Kier alpha value is -2.62. The third-order valence-corrected chi connectivity index (χ3v) is 3.82. The second-order valence-electron chi connectivity index (χ2n) is 5.38. The van der Waals surface area contributed by atoms with Crippen LogP contribution in [-0.4, -0.2) is 58.4 Å². The van der Waals surface area contributed by atoms with Crippen molar-refractivity contribution in [1.29, 1.82) is 0 Å². The van der Waals surface area contributed by atoms with Crippen molar-refractivity contribution in [2.24, 2.45) is 5.89 Å². The zero-order valence-corrected chi connectivity index (χ0v) is 12.8. The number of amides is 1. The fourth-order valence-corrected chi connectivity index (χ4v) is 2.64. The van der Waals surface area contributed by atoms with E-state index in [0.29, 0.717) is 4.90 Å². The van der Waals surface area contributed by atoms with Crippen molar-refractivity contribution in [2.45, 2.75) is 26.2 Å². The highest BCUT2D eigenvalue weighted by atomic mass is 16.2. The van der Waals surface area contributed by atoms with E-state index in [2.05, 4.69) is 19.8 Å². The quantitative estimate of drug-likeness (QED) is 0.868. The Morgan fingerprint density at radius 2 is 2.62 bits per heavy atom. The van der Waals surface area contributed by atoms with Crippen LogP contribution in [0.2, 0.25) is 0 Å². The number of hydrogen-bond acceptors (Lipinski definition) is 4. The molecule has 0 aromatic carbocycles. The van der Waals surface area contributed by atoms with Crippen LogP contribution in [0.5, 0.6) is 0 Å². The SMILES string of the molecule is [2H]c1nc(N([C@H]2CN(C(=O)C([2H])([2H])[N+]#[C-])CC[C@@]2([2H])C([2H])([2H])[2H])C([2H])([2H])[2H])c2c([2H])c(C)[nH]c2n1. The monoisotopic (exact) mass is 337 g/mol. The second-order valence-corrected chi connectivity index (χ2v) is 5.38. The first-order chi connectivity index (χ1) is 15.8. The molecular formula is C17H22N6O. The Labute approximate surface area is 157 Å². The maximum atomic E-state index is 12.7. The number of likely N-dealkylation sites (tertiary alicyclic amines) is 1. The lowest BCUT2D eigenvalue weighted by Crippen LogP contribution is -2.53. The lowest BCUT2D eigenvalue weighted by atomic mass is 9.92. The molecule has 1 aliphatic rings. The molecule has 0 saturated carbocycles. The molecule has 1 amide bonds. The van der Waals surface area contributed by atoms with Crippen LogP contribution in [0.1, 0.15) is 34.0 Å². The van der Waals surface area contributed by atoms with E-state index < -0.39 is 69.8 Å². The number of fused-ring (bicyclic) bond motifs is 1. The summed E-state index contributed by atoms with van der Waals surface area (Å²) in [5, 5.41) is -0.109. The number of nitrogens with zero attached hydrogens (tertiary/aromatic N) is 5. The molecule has 0 unspecified atom stereocenters. The smallest absolute Gasteiger partial charge is 0.302 e. The van der Waals surface area contributed by atoms with Crippen LogP contribution in [0, 0.1) is 19.4 Å². The summed E-state index contributed by atoms with van der Waals surface area (Å²) in [4.78, 5) is 27.2.